The van der Waals surface area contributed by atoms with Gasteiger partial charge < -0.3 is 13.6 Å². The van der Waals surface area contributed by atoms with E-state index in [4.69, 9.17) is 13.6 Å². The van der Waals surface area contributed by atoms with Gasteiger partial charge in [-0.15, -0.1) is 0 Å². The Bertz CT molecular complexity index is 667. The zero-order valence-corrected chi connectivity index (χ0v) is 19.4. The Labute approximate surface area is 177 Å². The Kier molecular flexibility index (Phi) is 14.8. The van der Waals surface area contributed by atoms with Gasteiger partial charge in [0, 0.05) is 6.30 Å². The molecule has 0 fully saturated rings. The van der Waals surface area contributed by atoms with Gasteiger partial charge in [0.2, 0.25) is 0 Å². The second-order valence-corrected chi connectivity index (χ2v) is 6.59. The third kappa shape index (κ3) is 10.5. The van der Waals surface area contributed by atoms with Crippen LogP contribution in [0.5, 0.6) is 17.2 Å². The van der Waals surface area contributed by atoms with Gasteiger partial charge in [0.15, 0.2) is 0 Å². The summed E-state index contributed by atoms with van der Waals surface area (Å²) in [5.74, 6) is 1.97. The Morgan fingerprint density at radius 3 is 0.862 bits per heavy atom. The Hall–Kier alpha value is -2.64. The van der Waals surface area contributed by atoms with Crippen molar-refractivity contribution in [2.24, 2.45) is 0 Å². The first-order valence-electron chi connectivity index (χ1n) is 10.2. The molecule has 0 atom stereocenters. The van der Waals surface area contributed by atoms with Crippen LogP contribution in [0.25, 0.3) is 0 Å². The van der Waals surface area contributed by atoms with E-state index in [2.05, 4.69) is 6.30 Å². The maximum atomic E-state index is 5.97. The third-order valence-electron chi connectivity index (χ3n) is 2.96. The van der Waals surface area contributed by atoms with Gasteiger partial charge in [-0.1, -0.05) is 96.1 Å². The molecule has 3 aromatic rings. The Balaban J connectivity index is 0.00000120. The summed E-state index contributed by atoms with van der Waals surface area (Å²) in [6.07, 6.45) is 4.10. The van der Waals surface area contributed by atoms with Crippen molar-refractivity contribution in [2.45, 2.75) is 41.5 Å². The minimum absolute atomic E-state index is 0.655. The second kappa shape index (κ2) is 16.3. The van der Waals surface area contributed by atoms with E-state index < -0.39 is 7.57 Å². The van der Waals surface area contributed by atoms with Crippen LogP contribution in [0.2, 0.25) is 0 Å². The Morgan fingerprint density at radius 1 is 0.448 bits per heavy atom. The molecule has 0 aliphatic rings. The van der Waals surface area contributed by atoms with Gasteiger partial charge in [-0.25, -0.2) is 0 Å². The summed E-state index contributed by atoms with van der Waals surface area (Å²) in [6.45, 7) is 12.0. The van der Waals surface area contributed by atoms with Gasteiger partial charge in [-0.2, -0.15) is 0 Å². The summed E-state index contributed by atoms with van der Waals surface area (Å²) in [5, 5.41) is 0. The summed E-state index contributed by atoms with van der Waals surface area (Å²) in [7, 11) is -2.89. The molecule has 0 unspecified atom stereocenters. The molecule has 158 valence electrons. The summed E-state index contributed by atoms with van der Waals surface area (Å²) in [5.41, 5.74) is 0. The maximum absolute atomic E-state index is 5.97. The van der Waals surface area contributed by atoms with Gasteiger partial charge in [-0.3, -0.25) is 0 Å². The van der Waals surface area contributed by atoms with Crippen molar-refractivity contribution in [3.8, 4) is 17.2 Å². The van der Waals surface area contributed by atoms with E-state index in [0.717, 1.165) is 0 Å². The van der Waals surface area contributed by atoms with Crippen LogP contribution in [0.15, 0.2) is 91.0 Å². The highest BCUT2D eigenvalue weighted by Gasteiger charge is 2.23. The first-order valence-corrected chi connectivity index (χ1v) is 11.9. The van der Waals surface area contributed by atoms with E-state index in [1.54, 1.807) is 0 Å². The molecule has 0 spiro atoms. The monoisotopic (exact) mass is 414 g/mol. The normalized spacial score (nSPS) is 9.17. The molecule has 0 N–H and O–H groups in total. The number of benzene rings is 3. The van der Waals surface area contributed by atoms with Crippen molar-refractivity contribution < 1.29 is 13.6 Å². The highest BCUT2D eigenvalue weighted by molar-refractivity contribution is 7.60. The van der Waals surface area contributed by atoms with Gasteiger partial charge in [-0.05, 0) is 36.4 Å². The summed E-state index contributed by atoms with van der Waals surface area (Å²) < 4.78 is 17.9. The first kappa shape index (κ1) is 26.4. The van der Waals surface area contributed by atoms with E-state index in [9.17, 15) is 0 Å². The predicted octanol–water partition coefficient (Wildman–Crippen LogP) is 8.50. The summed E-state index contributed by atoms with van der Waals surface area (Å²) in [6, 6.07) is 28.2. The van der Waals surface area contributed by atoms with Crippen LogP contribution in [0.4, 0.5) is 0 Å². The Morgan fingerprint density at radius 2 is 0.655 bits per heavy atom. The number of para-hydroxylation sites is 3. The van der Waals surface area contributed by atoms with Crippen molar-refractivity contribution in [2.75, 3.05) is 0 Å². The fourth-order valence-electron chi connectivity index (χ4n) is 1.98. The predicted molar refractivity (Wildman–Crippen MR) is 129 cm³/mol. The molecular formula is C25H35O3P. The topological polar surface area (TPSA) is 27.7 Å². The molecule has 0 radical (unpaired) electrons. The third-order valence-corrected chi connectivity index (χ3v) is 4.43. The minimum atomic E-state index is -2.89. The molecule has 0 aliphatic heterocycles. The fraction of sp³-hybridized carbons (Fsp3) is 0.240. The second-order valence-electron chi connectivity index (χ2n) is 4.82. The van der Waals surface area contributed by atoms with Crippen LogP contribution >= 0.6 is 7.57 Å². The SMILES string of the molecule is C=P(Oc1ccccc1)(Oc1ccccc1)Oc1ccccc1.CC.CC.CC. The van der Waals surface area contributed by atoms with Gasteiger partial charge in [0.05, 0.1) is 0 Å². The molecule has 3 nitrogen and oxygen atoms in total. The molecule has 0 aromatic heterocycles. The van der Waals surface area contributed by atoms with Crippen molar-refractivity contribution in [1.82, 2.24) is 0 Å². The molecule has 0 saturated heterocycles. The first-order chi connectivity index (χ1) is 14.2. The molecule has 3 rings (SSSR count). The standard InChI is InChI=1S/C19H17O3P.3C2H6/c1-23(20-17-11-5-2-6-12-17,21-18-13-7-3-8-14-18)22-19-15-9-4-10-16-19;3*1-2/h2-16H,1H2;3*1-2H3. The van der Waals surface area contributed by atoms with Crippen molar-refractivity contribution >= 4 is 13.9 Å². The number of hydrogen-bond acceptors (Lipinski definition) is 3. The van der Waals surface area contributed by atoms with Crippen LogP contribution in [0.1, 0.15) is 41.5 Å². The number of hydrogen-bond donors (Lipinski definition) is 0. The molecule has 0 amide bonds. The quantitative estimate of drug-likeness (QED) is 0.378. The van der Waals surface area contributed by atoms with Crippen LogP contribution in [0.3, 0.4) is 0 Å². The lowest BCUT2D eigenvalue weighted by molar-refractivity contribution is 0.382. The van der Waals surface area contributed by atoms with Crippen LogP contribution in [-0.2, 0) is 0 Å². The molecule has 0 bridgehead atoms. The van der Waals surface area contributed by atoms with Gasteiger partial charge in [0.25, 0.3) is 0 Å². The zero-order chi connectivity index (χ0) is 22.0. The lowest BCUT2D eigenvalue weighted by Gasteiger charge is -2.25. The van der Waals surface area contributed by atoms with Crippen molar-refractivity contribution in [3.05, 3.63) is 91.0 Å². The van der Waals surface area contributed by atoms with E-state index in [1.807, 2.05) is 133 Å². The van der Waals surface area contributed by atoms with E-state index in [0.29, 0.717) is 17.2 Å². The van der Waals surface area contributed by atoms with E-state index >= 15 is 0 Å². The molecule has 0 heterocycles. The molecule has 29 heavy (non-hydrogen) atoms. The number of rotatable bonds is 6. The maximum Gasteiger partial charge on any atom is 0.409 e. The average molecular weight is 415 g/mol. The van der Waals surface area contributed by atoms with Crippen LogP contribution in [-0.4, -0.2) is 6.30 Å². The highest BCUT2D eigenvalue weighted by Crippen LogP contribution is 2.49. The molecule has 0 aliphatic carbocycles. The molecule has 0 saturated carbocycles. The van der Waals surface area contributed by atoms with E-state index in [1.165, 1.54) is 0 Å². The van der Waals surface area contributed by atoms with Crippen LogP contribution in [0, 0.1) is 0 Å². The molecule has 3 aromatic carbocycles. The summed E-state index contributed by atoms with van der Waals surface area (Å²) in [4.78, 5) is 0. The van der Waals surface area contributed by atoms with Crippen molar-refractivity contribution in [3.63, 3.8) is 0 Å². The van der Waals surface area contributed by atoms with E-state index in [-0.39, 0.29) is 0 Å². The molecule has 4 heteroatoms. The van der Waals surface area contributed by atoms with Crippen molar-refractivity contribution in [1.29, 1.82) is 0 Å². The molecular weight excluding hydrogens is 379 g/mol. The average Bonchev–Trinajstić information content (AvgIpc) is 2.80. The van der Waals surface area contributed by atoms with Crippen LogP contribution < -0.4 is 13.6 Å². The smallest absolute Gasteiger partial charge is 0.409 e. The van der Waals surface area contributed by atoms with Gasteiger partial charge in [0.1, 0.15) is 17.2 Å². The lowest BCUT2D eigenvalue weighted by Crippen LogP contribution is -2.07. The highest BCUT2D eigenvalue weighted by atomic mass is 31.2. The van der Waals surface area contributed by atoms with Gasteiger partial charge >= 0.3 is 7.57 Å². The fourth-order valence-corrected chi connectivity index (χ4v) is 3.42. The summed E-state index contributed by atoms with van der Waals surface area (Å²) >= 11 is 0. The zero-order valence-electron chi connectivity index (χ0n) is 18.5. The largest absolute Gasteiger partial charge is 0.415 e. The minimum Gasteiger partial charge on any atom is -0.415 e. The lowest BCUT2D eigenvalue weighted by atomic mass is 10.3.